The van der Waals surface area contributed by atoms with Gasteiger partial charge in [0.05, 0.1) is 6.07 Å². The molecule has 3 heteroatoms. The molecule has 0 aliphatic heterocycles. The van der Waals surface area contributed by atoms with E-state index in [-0.39, 0.29) is 11.5 Å². The highest BCUT2D eigenvalue weighted by Gasteiger charge is 2.06. The molecule has 1 aromatic rings. The monoisotopic (exact) mass is 140 g/mol. The van der Waals surface area contributed by atoms with Gasteiger partial charge in [-0.05, 0) is 0 Å². The SMILES string of the molecule is Cc1cc(O)c(O)c[n+]1C. The van der Waals surface area contributed by atoms with Crippen LogP contribution in [0, 0.1) is 6.92 Å². The van der Waals surface area contributed by atoms with Gasteiger partial charge in [0, 0.05) is 6.92 Å². The molecule has 1 heterocycles. The van der Waals surface area contributed by atoms with Gasteiger partial charge in [0.1, 0.15) is 7.05 Å². The number of pyridine rings is 1. The molecular weight excluding hydrogens is 130 g/mol. The largest absolute Gasteiger partial charge is 0.504 e. The average molecular weight is 140 g/mol. The third-order valence-electron chi connectivity index (χ3n) is 1.48. The van der Waals surface area contributed by atoms with Gasteiger partial charge in [-0.25, -0.2) is 4.57 Å². The Bertz CT molecular complexity index is 208. The molecule has 0 amide bonds. The summed E-state index contributed by atoms with van der Waals surface area (Å²) in [4.78, 5) is 0. The molecule has 0 radical (unpaired) electrons. The van der Waals surface area contributed by atoms with Crippen LogP contribution in [-0.4, -0.2) is 10.2 Å². The van der Waals surface area contributed by atoms with Crippen LogP contribution in [0.25, 0.3) is 0 Å². The summed E-state index contributed by atoms with van der Waals surface area (Å²) in [5.74, 6) is -0.163. The van der Waals surface area contributed by atoms with Crippen LogP contribution in [0.1, 0.15) is 5.69 Å². The van der Waals surface area contributed by atoms with Crippen molar-refractivity contribution in [1.29, 1.82) is 0 Å². The summed E-state index contributed by atoms with van der Waals surface area (Å²) in [6.45, 7) is 1.85. The average Bonchev–Trinajstić information content (AvgIpc) is 1.84. The number of aryl methyl sites for hydroxylation is 2. The second-order valence-electron chi connectivity index (χ2n) is 2.30. The maximum atomic E-state index is 8.96. The first-order chi connectivity index (χ1) is 4.61. The van der Waals surface area contributed by atoms with Gasteiger partial charge in [-0.3, -0.25) is 0 Å². The van der Waals surface area contributed by atoms with Gasteiger partial charge in [-0.15, -0.1) is 0 Å². The lowest BCUT2D eigenvalue weighted by atomic mass is 10.3. The zero-order valence-electron chi connectivity index (χ0n) is 6.00. The Kier molecular flexibility index (Phi) is 1.49. The van der Waals surface area contributed by atoms with Crippen LogP contribution < -0.4 is 4.57 Å². The van der Waals surface area contributed by atoms with E-state index in [1.165, 1.54) is 12.3 Å². The highest BCUT2D eigenvalue weighted by molar-refractivity contribution is 5.33. The highest BCUT2D eigenvalue weighted by atomic mass is 16.3. The van der Waals surface area contributed by atoms with E-state index in [0.29, 0.717) is 0 Å². The topological polar surface area (TPSA) is 44.3 Å². The predicted octanol–water partition coefficient (Wildman–Crippen LogP) is 0.231. The first-order valence-electron chi connectivity index (χ1n) is 2.99. The van der Waals surface area contributed by atoms with Gasteiger partial charge in [0.25, 0.3) is 0 Å². The van der Waals surface area contributed by atoms with Crippen molar-refractivity contribution in [1.82, 2.24) is 0 Å². The molecule has 0 spiro atoms. The van der Waals surface area contributed by atoms with E-state index in [1.54, 1.807) is 11.6 Å². The molecule has 0 bridgehead atoms. The van der Waals surface area contributed by atoms with Crippen LogP contribution in [0.4, 0.5) is 0 Å². The molecule has 0 fully saturated rings. The Morgan fingerprint density at radius 1 is 1.30 bits per heavy atom. The second kappa shape index (κ2) is 2.17. The molecule has 54 valence electrons. The molecule has 0 unspecified atom stereocenters. The van der Waals surface area contributed by atoms with Gasteiger partial charge < -0.3 is 10.2 Å². The van der Waals surface area contributed by atoms with Crippen molar-refractivity contribution in [2.45, 2.75) is 6.92 Å². The Labute approximate surface area is 59.2 Å². The molecule has 0 aliphatic rings. The van der Waals surface area contributed by atoms with Gasteiger partial charge in [-0.2, -0.15) is 0 Å². The van der Waals surface area contributed by atoms with Gasteiger partial charge in [0.2, 0.25) is 11.9 Å². The molecule has 0 aliphatic carbocycles. The lowest BCUT2D eigenvalue weighted by Crippen LogP contribution is -2.30. The standard InChI is InChI=1S/C7H9NO2/c1-5-3-6(9)7(10)4-8(5)2/h3-4,10H,1-2H3/p+1. The van der Waals surface area contributed by atoms with E-state index in [9.17, 15) is 0 Å². The molecule has 10 heavy (non-hydrogen) atoms. The van der Waals surface area contributed by atoms with E-state index in [1.807, 2.05) is 6.92 Å². The van der Waals surface area contributed by atoms with Crippen LogP contribution in [-0.2, 0) is 7.05 Å². The first-order valence-corrected chi connectivity index (χ1v) is 2.99. The number of hydrogen-bond acceptors (Lipinski definition) is 2. The van der Waals surface area contributed by atoms with E-state index < -0.39 is 0 Å². The van der Waals surface area contributed by atoms with Gasteiger partial charge in [0.15, 0.2) is 11.4 Å². The Morgan fingerprint density at radius 3 is 2.40 bits per heavy atom. The zero-order valence-corrected chi connectivity index (χ0v) is 6.00. The van der Waals surface area contributed by atoms with Crippen LogP contribution in [0.5, 0.6) is 11.5 Å². The third-order valence-corrected chi connectivity index (χ3v) is 1.48. The lowest BCUT2D eigenvalue weighted by Gasteiger charge is -1.96. The van der Waals surface area contributed by atoms with Gasteiger partial charge in [-0.1, -0.05) is 0 Å². The molecule has 3 nitrogen and oxygen atoms in total. The van der Waals surface area contributed by atoms with Crippen molar-refractivity contribution in [3.63, 3.8) is 0 Å². The highest BCUT2D eigenvalue weighted by Crippen LogP contribution is 2.21. The maximum Gasteiger partial charge on any atom is 0.223 e. The van der Waals surface area contributed by atoms with Crippen molar-refractivity contribution in [2.75, 3.05) is 0 Å². The number of rotatable bonds is 0. The Morgan fingerprint density at radius 2 is 1.90 bits per heavy atom. The molecule has 1 rings (SSSR count). The molecule has 0 aromatic carbocycles. The summed E-state index contributed by atoms with van der Waals surface area (Å²) in [5.41, 5.74) is 0.898. The van der Waals surface area contributed by atoms with Crippen LogP contribution in [0.3, 0.4) is 0 Å². The van der Waals surface area contributed by atoms with E-state index in [4.69, 9.17) is 10.2 Å². The molecule has 0 saturated heterocycles. The molecule has 2 N–H and O–H groups in total. The Hall–Kier alpha value is -1.25. The molecule has 0 atom stereocenters. The third kappa shape index (κ3) is 1.03. The van der Waals surface area contributed by atoms with E-state index in [2.05, 4.69) is 0 Å². The zero-order chi connectivity index (χ0) is 7.72. The van der Waals surface area contributed by atoms with Crippen molar-refractivity contribution in [3.05, 3.63) is 18.0 Å². The summed E-state index contributed by atoms with van der Waals surface area (Å²) in [7, 11) is 1.80. The normalized spacial score (nSPS) is 9.80. The van der Waals surface area contributed by atoms with E-state index in [0.717, 1.165) is 5.69 Å². The summed E-state index contributed by atoms with van der Waals surface area (Å²) >= 11 is 0. The number of aromatic hydroxyl groups is 2. The van der Waals surface area contributed by atoms with Crippen LogP contribution >= 0.6 is 0 Å². The maximum absolute atomic E-state index is 8.96. The van der Waals surface area contributed by atoms with Crippen molar-refractivity contribution < 1.29 is 14.8 Å². The van der Waals surface area contributed by atoms with Crippen molar-refractivity contribution in [3.8, 4) is 11.5 Å². The quantitative estimate of drug-likeness (QED) is 0.507. The lowest BCUT2D eigenvalue weighted by molar-refractivity contribution is -0.678. The van der Waals surface area contributed by atoms with Gasteiger partial charge >= 0.3 is 0 Å². The fraction of sp³-hybridized carbons (Fsp3) is 0.286. The minimum atomic E-state index is -0.0897. The Balaban J connectivity index is 3.28. The molecule has 0 saturated carbocycles. The molecule has 1 aromatic heterocycles. The summed E-state index contributed by atoms with van der Waals surface area (Å²) < 4.78 is 1.73. The van der Waals surface area contributed by atoms with E-state index >= 15 is 0 Å². The number of nitrogens with zero attached hydrogens (tertiary/aromatic N) is 1. The predicted molar refractivity (Wildman–Crippen MR) is 35.7 cm³/mol. The van der Waals surface area contributed by atoms with Crippen LogP contribution in [0.15, 0.2) is 12.3 Å². The fourth-order valence-electron chi connectivity index (χ4n) is 0.725. The summed E-state index contributed by atoms with van der Waals surface area (Å²) in [6, 6.07) is 1.51. The van der Waals surface area contributed by atoms with Crippen LogP contribution in [0.2, 0.25) is 0 Å². The van der Waals surface area contributed by atoms with Crippen molar-refractivity contribution >= 4 is 0 Å². The minimum absolute atomic E-state index is 0.0735. The number of hydrogen-bond donors (Lipinski definition) is 2. The summed E-state index contributed by atoms with van der Waals surface area (Å²) in [5, 5.41) is 17.9. The smallest absolute Gasteiger partial charge is 0.223 e. The number of aromatic nitrogens is 1. The van der Waals surface area contributed by atoms with Crippen molar-refractivity contribution in [2.24, 2.45) is 7.05 Å². The minimum Gasteiger partial charge on any atom is -0.504 e. The second-order valence-corrected chi connectivity index (χ2v) is 2.30. The first kappa shape index (κ1) is 6.86. The summed E-state index contributed by atoms with van der Waals surface area (Å²) in [6.07, 6.45) is 1.46. The fourth-order valence-corrected chi connectivity index (χ4v) is 0.725. The molecular formula is C7H10NO2+.